The molecule has 0 fully saturated rings. The molecule has 0 radical (unpaired) electrons. The molecule has 0 amide bonds. The summed E-state index contributed by atoms with van der Waals surface area (Å²) in [5, 5.41) is 8.61. The predicted octanol–water partition coefficient (Wildman–Crippen LogP) is 1.88. The molecule has 0 aromatic heterocycles. The summed E-state index contributed by atoms with van der Waals surface area (Å²) >= 11 is 0. The molecule has 0 spiro atoms. The van der Waals surface area contributed by atoms with E-state index >= 15 is 0 Å². The molecule has 0 aliphatic heterocycles. The number of hydrogen-bond acceptors (Lipinski definition) is 2. The van der Waals surface area contributed by atoms with E-state index in [1.54, 1.807) is 0 Å². The molecule has 1 atom stereocenters. The first-order valence-corrected chi connectivity index (χ1v) is 4.26. The zero-order chi connectivity index (χ0) is 8.81. The minimum Gasteiger partial charge on any atom is -0.396 e. The smallest absolute Gasteiger partial charge is 0.0431 e. The summed E-state index contributed by atoms with van der Waals surface area (Å²) in [6, 6.07) is 10.0. The average Bonchev–Trinajstić information content (AvgIpc) is 2.15. The number of hydrogen-bond donors (Lipinski definition) is 2. The summed E-state index contributed by atoms with van der Waals surface area (Å²) in [6.07, 6.45) is 1.62. The van der Waals surface area contributed by atoms with Gasteiger partial charge in [0, 0.05) is 12.6 Å². The second-order valence-corrected chi connectivity index (χ2v) is 2.88. The van der Waals surface area contributed by atoms with Crippen molar-refractivity contribution in [1.82, 2.24) is 0 Å². The van der Waals surface area contributed by atoms with Gasteiger partial charge in [-0.3, -0.25) is 0 Å². The van der Waals surface area contributed by atoms with Gasteiger partial charge in [-0.2, -0.15) is 0 Å². The molecule has 1 rings (SSSR count). The van der Waals surface area contributed by atoms with Gasteiger partial charge in [0.15, 0.2) is 0 Å². The van der Waals surface area contributed by atoms with E-state index in [2.05, 4.69) is 0 Å². The lowest BCUT2D eigenvalue weighted by Crippen LogP contribution is -2.10. The molecule has 1 aromatic rings. The normalized spacial score (nSPS) is 11.8. The van der Waals surface area contributed by atoms with Crippen LogP contribution in [0.3, 0.4) is 0 Å². The lowest BCUT2D eigenvalue weighted by atomic mass is 10.0. The molecular weight excluding hydrogens is 186 g/mol. The van der Waals surface area contributed by atoms with Crippen molar-refractivity contribution >= 4 is 12.4 Å². The topological polar surface area (TPSA) is 46.2 Å². The predicted molar refractivity (Wildman–Crippen MR) is 56.9 cm³/mol. The Balaban J connectivity index is 0.00000144. The summed E-state index contributed by atoms with van der Waals surface area (Å²) in [7, 11) is 0. The largest absolute Gasteiger partial charge is 0.396 e. The third-order valence-corrected chi connectivity index (χ3v) is 1.90. The van der Waals surface area contributed by atoms with Crippen LogP contribution in [0.2, 0.25) is 0 Å². The zero-order valence-corrected chi connectivity index (χ0v) is 8.33. The van der Waals surface area contributed by atoms with Crippen LogP contribution in [0.15, 0.2) is 30.3 Å². The van der Waals surface area contributed by atoms with Crippen molar-refractivity contribution in [3.05, 3.63) is 35.9 Å². The van der Waals surface area contributed by atoms with Gasteiger partial charge >= 0.3 is 0 Å². The number of benzene rings is 1. The lowest BCUT2D eigenvalue weighted by Gasteiger charge is -2.10. The summed E-state index contributed by atoms with van der Waals surface area (Å²) in [6.45, 7) is 0.223. The molecule has 1 aromatic carbocycles. The highest BCUT2D eigenvalue weighted by Gasteiger charge is 2.03. The van der Waals surface area contributed by atoms with E-state index in [4.69, 9.17) is 10.8 Å². The van der Waals surface area contributed by atoms with E-state index < -0.39 is 0 Å². The van der Waals surface area contributed by atoms with Crippen molar-refractivity contribution < 1.29 is 5.11 Å². The van der Waals surface area contributed by atoms with Gasteiger partial charge in [-0.25, -0.2) is 0 Å². The highest BCUT2D eigenvalue weighted by atomic mass is 35.5. The van der Waals surface area contributed by atoms with E-state index in [9.17, 15) is 0 Å². The first kappa shape index (κ1) is 12.4. The second-order valence-electron chi connectivity index (χ2n) is 2.88. The molecule has 0 heterocycles. The summed E-state index contributed by atoms with van der Waals surface area (Å²) in [5.74, 6) is 0. The highest BCUT2D eigenvalue weighted by molar-refractivity contribution is 5.85. The van der Waals surface area contributed by atoms with Gasteiger partial charge in [0.05, 0.1) is 0 Å². The molecule has 0 aliphatic rings. The molecule has 0 unspecified atom stereocenters. The second kappa shape index (κ2) is 6.89. The fourth-order valence-electron chi connectivity index (χ4n) is 1.18. The molecule has 13 heavy (non-hydrogen) atoms. The van der Waals surface area contributed by atoms with E-state index in [0.717, 1.165) is 18.4 Å². The minimum absolute atomic E-state index is 0. The van der Waals surface area contributed by atoms with Gasteiger partial charge < -0.3 is 10.8 Å². The number of nitrogens with two attached hydrogens (primary N) is 1. The van der Waals surface area contributed by atoms with Gasteiger partial charge in [-0.1, -0.05) is 30.3 Å². The molecule has 0 saturated heterocycles. The zero-order valence-electron chi connectivity index (χ0n) is 7.52. The molecule has 0 saturated carbocycles. The number of halogens is 1. The Hall–Kier alpha value is -0.570. The van der Waals surface area contributed by atoms with Crippen LogP contribution in [-0.2, 0) is 0 Å². The Labute approximate surface area is 85.2 Å². The van der Waals surface area contributed by atoms with Crippen molar-refractivity contribution in [3.63, 3.8) is 0 Å². The third-order valence-electron chi connectivity index (χ3n) is 1.90. The molecule has 0 bridgehead atoms. The number of aliphatic hydroxyl groups is 1. The highest BCUT2D eigenvalue weighted by Crippen LogP contribution is 2.14. The first-order chi connectivity index (χ1) is 5.84. The van der Waals surface area contributed by atoms with Crippen LogP contribution in [0.4, 0.5) is 0 Å². The van der Waals surface area contributed by atoms with E-state index in [1.165, 1.54) is 0 Å². The van der Waals surface area contributed by atoms with Gasteiger partial charge in [-0.05, 0) is 18.4 Å². The summed E-state index contributed by atoms with van der Waals surface area (Å²) in [5.41, 5.74) is 7.01. The van der Waals surface area contributed by atoms with Crippen LogP contribution in [0.1, 0.15) is 24.4 Å². The van der Waals surface area contributed by atoms with Gasteiger partial charge in [0.1, 0.15) is 0 Å². The molecular formula is C10H16ClNO. The summed E-state index contributed by atoms with van der Waals surface area (Å²) in [4.78, 5) is 0. The molecule has 3 heteroatoms. The van der Waals surface area contributed by atoms with Crippen LogP contribution in [0.25, 0.3) is 0 Å². The maximum atomic E-state index is 8.61. The maximum absolute atomic E-state index is 8.61. The molecule has 2 nitrogen and oxygen atoms in total. The Morgan fingerprint density at radius 1 is 1.23 bits per heavy atom. The van der Waals surface area contributed by atoms with Crippen LogP contribution in [-0.4, -0.2) is 11.7 Å². The fourth-order valence-corrected chi connectivity index (χ4v) is 1.18. The Morgan fingerprint density at radius 2 is 1.85 bits per heavy atom. The fraction of sp³-hybridized carbons (Fsp3) is 0.400. The Bertz CT molecular complexity index is 215. The van der Waals surface area contributed by atoms with Crippen molar-refractivity contribution in [1.29, 1.82) is 0 Å². The minimum atomic E-state index is 0. The SMILES string of the molecule is Cl.N[C@@H](CCCO)c1ccccc1. The van der Waals surface area contributed by atoms with Crippen molar-refractivity contribution in [2.75, 3.05) is 6.61 Å². The van der Waals surface area contributed by atoms with Gasteiger partial charge in [0.2, 0.25) is 0 Å². The van der Waals surface area contributed by atoms with Crippen LogP contribution in [0, 0.1) is 0 Å². The summed E-state index contributed by atoms with van der Waals surface area (Å²) < 4.78 is 0. The molecule has 0 aliphatic carbocycles. The van der Waals surface area contributed by atoms with Crippen molar-refractivity contribution in [3.8, 4) is 0 Å². The van der Waals surface area contributed by atoms with Crippen molar-refractivity contribution in [2.45, 2.75) is 18.9 Å². The van der Waals surface area contributed by atoms with Crippen LogP contribution >= 0.6 is 12.4 Å². The Kier molecular flexibility index (Phi) is 6.59. The van der Waals surface area contributed by atoms with Gasteiger partial charge in [0.25, 0.3) is 0 Å². The molecule has 74 valence electrons. The number of aliphatic hydroxyl groups excluding tert-OH is 1. The van der Waals surface area contributed by atoms with E-state index in [1.807, 2.05) is 30.3 Å². The average molecular weight is 202 g/mol. The van der Waals surface area contributed by atoms with Gasteiger partial charge in [-0.15, -0.1) is 12.4 Å². The monoisotopic (exact) mass is 201 g/mol. The molecule has 3 N–H and O–H groups in total. The standard InChI is InChI=1S/C10H15NO.ClH/c11-10(7-4-8-12)9-5-2-1-3-6-9;/h1-3,5-6,10,12H,4,7-8,11H2;1H/t10-;/m0./s1. The maximum Gasteiger partial charge on any atom is 0.0431 e. The van der Waals surface area contributed by atoms with E-state index in [0.29, 0.717) is 0 Å². The van der Waals surface area contributed by atoms with Crippen LogP contribution < -0.4 is 5.73 Å². The van der Waals surface area contributed by atoms with E-state index in [-0.39, 0.29) is 25.1 Å². The lowest BCUT2D eigenvalue weighted by molar-refractivity contribution is 0.280. The number of rotatable bonds is 4. The van der Waals surface area contributed by atoms with Crippen molar-refractivity contribution in [2.24, 2.45) is 5.73 Å². The first-order valence-electron chi connectivity index (χ1n) is 4.26. The Morgan fingerprint density at radius 3 is 2.38 bits per heavy atom. The third kappa shape index (κ3) is 4.27. The van der Waals surface area contributed by atoms with Crippen LogP contribution in [0.5, 0.6) is 0 Å². The quantitative estimate of drug-likeness (QED) is 0.782.